The molecule has 0 radical (unpaired) electrons. The topological polar surface area (TPSA) is 58.6 Å². The SMILES string of the molecule is COc1cccc(Cl)c1CNC/C=C/C(=O)O. The smallest absolute Gasteiger partial charge is 0.328 e. The molecule has 4 nitrogen and oxygen atoms in total. The molecule has 0 atom stereocenters. The number of aliphatic carboxylic acids is 1. The van der Waals surface area contributed by atoms with Gasteiger partial charge in [0.2, 0.25) is 0 Å². The van der Waals surface area contributed by atoms with E-state index in [0.29, 0.717) is 23.9 Å². The molecule has 1 aromatic carbocycles. The maximum Gasteiger partial charge on any atom is 0.328 e. The largest absolute Gasteiger partial charge is 0.496 e. The fourth-order valence-corrected chi connectivity index (χ4v) is 1.57. The molecule has 0 fully saturated rings. The van der Waals surface area contributed by atoms with Gasteiger partial charge in [0, 0.05) is 29.8 Å². The van der Waals surface area contributed by atoms with E-state index in [-0.39, 0.29) is 0 Å². The molecule has 17 heavy (non-hydrogen) atoms. The second kappa shape index (κ2) is 6.93. The van der Waals surface area contributed by atoms with Crippen molar-refractivity contribution in [1.82, 2.24) is 5.32 Å². The van der Waals surface area contributed by atoms with Crippen molar-refractivity contribution < 1.29 is 14.6 Å². The van der Waals surface area contributed by atoms with E-state index in [4.69, 9.17) is 21.4 Å². The predicted molar refractivity (Wildman–Crippen MR) is 66.5 cm³/mol. The minimum Gasteiger partial charge on any atom is -0.496 e. The maximum absolute atomic E-state index is 10.2. The molecule has 2 N–H and O–H groups in total. The first-order valence-corrected chi connectivity index (χ1v) is 5.44. The van der Waals surface area contributed by atoms with Crippen LogP contribution < -0.4 is 10.1 Å². The second-order valence-electron chi connectivity index (χ2n) is 3.29. The normalized spacial score (nSPS) is 10.7. The first kappa shape index (κ1) is 13.5. The summed E-state index contributed by atoms with van der Waals surface area (Å²) in [7, 11) is 1.58. The Kier molecular flexibility index (Phi) is 5.52. The van der Waals surface area contributed by atoms with Crippen molar-refractivity contribution >= 4 is 17.6 Å². The first-order valence-electron chi connectivity index (χ1n) is 5.06. The Hall–Kier alpha value is -1.52. The summed E-state index contributed by atoms with van der Waals surface area (Å²) in [5.41, 5.74) is 0.861. The van der Waals surface area contributed by atoms with E-state index in [1.165, 1.54) is 6.08 Å². The van der Waals surface area contributed by atoms with Crippen LogP contribution in [0.15, 0.2) is 30.4 Å². The number of nitrogens with one attached hydrogen (secondary N) is 1. The predicted octanol–water partition coefficient (Wildman–Crippen LogP) is 2.08. The Morgan fingerprint density at radius 3 is 3.00 bits per heavy atom. The van der Waals surface area contributed by atoms with Crippen LogP contribution >= 0.6 is 11.6 Å². The van der Waals surface area contributed by atoms with Crippen LogP contribution in [0.1, 0.15) is 5.56 Å². The zero-order valence-electron chi connectivity index (χ0n) is 9.44. The van der Waals surface area contributed by atoms with Crippen LogP contribution in [0.25, 0.3) is 0 Å². The molecule has 0 heterocycles. The fourth-order valence-electron chi connectivity index (χ4n) is 1.34. The van der Waals surface area contributed by atoms with Crippen molar-refractivity contribution in [2.75, 3.05) is 13.7 Å². The summed E-state index contributed by atoms with van der Waals surface area (Å²) in [5, 5.41) is 12.1. The monoisotopic (exact) mass is 255 g/mol. The fraction of sp³-hybridized carbons (Fsp3) is 0.250. The zero-order chi connectivity index (χ0) is 12.7. The number of rotatable bonds is 6. The van der Waals surface area contributed by atoms with Gasteiger partial charge in [-0.1, -0.05) is 23.7 Å². The number of halogens is 1. The van der Waals surface area contributed by atoms with Crippen LogP contribution in [0.4, 0.5) is 0 Å². The van der Waals surface area contributed by atoms with E-state index < -0.39 is 5.97 Å². The van der Waals surface area contributed by atoms with Gasteiger partial charge >= 0.3 is 5.97 Å². The highest BCUT2D eigenvalue weighted by Crippen LogP contribution is 2.25. The quantitative estimate of drug-likeness (QED) is 0.604. The van der Waals surface area contributed by atoms with Gasteiger partial charge in [0.1, 0.15) is 5.75 Å². The summed E-state index contributed by atoms with van der Waals surface area (Å²) in [6.45, 7) is 0.980. The Morgan fingerprint density at radius 1 is 1.59 bits per heavy atom. The number of carboxylic acid groups (broad SMARTS) is 1. The van der Waals surface area contributed by atoms with Gasteiger partial charge in [-0.05, 0) is 12.1 Å². The third-order valence-electron chi connectivity index (χ3n) is 2.12. The summed E-state index contributed by atoms with van der Waals surface area (Å²) >= 11 is 6.04. The van der Waals surface area contributed by atoms with E-state index in [9.17, 15) is 4.79 Å². The molecular formula is C12H14ClNO3. The number of carbonyl (C=O) groups is 1. The lowest BCUT2D eigenvalue weighted by Crippen LogP contribution is -2.14. The molecule has 0 spiro atoms. The van der Waals surface area contributed by atoms with Gasteiger partial charge in [0.25, 0.3) is 0 Å². The van der Waals surface area contributed by atoms with Crippen molar-refractivity contribution in [2.24, 2.45) is 0 Å². The molecule has 1 rings (SSSR count). The van der Waals surface area contributed by atoms with Crippen LogP contribution in [0.3, 0.4) is 0 Å². The average molecular weight is 256 g/mol. The third-order valence-corrected chi connectivity index (χ3v) is 2.47. The number of methoxy groups -OCH3 is 1. The van der Waals surface area contributed by atoms with Crippen LogP contribution in [-0.4, -0.2) is 24.7 Å². The van der Waals surface area contributed by atoms with Gasteiger partial charge < -0.3 is 15.2 Å². The van der Waals surface area contributed by atoms with Crippen molar-refractivity contribution in [3.05, 3.63) is 40.9 Å². The lowest BCUT2D eigenvalue weighted by Gasteiger charge is -2.10. The van der Waals surface area contributed by atoms with E-state index >= 15 is 0 Å². The highest BCUT2D eigenvalue weighted by Gasteiger charge is 2.05. The summed E-state index contributed by atoms with van der Waals surface area (Å²) in [4.78, 5) is 10.2. The minimum absolute atomic E-state index is 0.459. The van der Waals surface area contributed by atoms with Gasteiger partial charge in [-0.25, -0.2) is 4.79 Å². The minimum atomic E-state index is -0.956. The molecule has 92 valence electrons. The molecule has 0 aliphatic heterocycles. The Bertz CT molecular complexity index is 418. The van der Waals surface area contributed by atoms with Gasteiger partial charge in [-0.3, -0.25) is 0 Å². The van der Waals surface area contributed by atoms with Crippen LogP contribution in [0.2, 0.25) is 5.02 Å². The van der Waals surface area contributed by atoms with Gasteiger partial charge in [0.05, 0.1) is 7.11 Å². The third kappa shape index (κ3) is 4.46. The molecule has 0 bridgehead atoms. The molecule has 0 amide bonds. The van der Waals surface area contributed by atoms with Crippen molar-refractivity contribution in [3.63, 3.8) is 0 Å². The van der Waals surface area contributed by atoms with E-state index in [1.807, 2.05) is 12.1 Å². The number of ether oxygens (including phenoxy) is 1. The van der Waals surface area contributed by atoms with Crippen molar-refractivity contribution in [3.8, 4) is 5.75 Å². The van der Waals surface area contributed by atoms with Crippen molar-refractivity contribution in [2.45, 2.75) is 6.54 Å². The lowest BCUT2D eigenvalue weighted by molar-refractivity contribution is -0.131. The Balaban J connectivity index is 2.54. The molecule has 0 aliphatic rings. The van der Waals surface area contributed by atoms with Crippen LogP contribution in [0.5, 0.6) is 5.75 Å². The maximum atomic E-state index is 10.2. The number of carboxylic acids is 1. The summed E-state index contributed by atoms with van der Waals surface area (Å²) in [6, 6.07) is 5.43. The first-order chi connectivity index (χ1) is 8.15. The lowest BCUT2D eigenvalue weighted by atomic mass is 10.2. The number of hydrogen-bond acceptors (Lipinski definition) is 3. The summed E-state index contributed by atoms with van der Waals surface area (Å²) < 4.78 is 5.18. The average Bonchev–Trinajstić information content (AvgIpc) is 2.30. The number of hydrogen-bond donors (Lipinski definition) is 2. The van der Waals surface area contributed by atoms with Crippen LogP contribution in [-0.2, 0) is 11.3 Å². The molecule has 0 saturated heterocycles. The Morgan fingerprint density at radius 2 is 2.35 bits per heavy atom. The zero-order valence-corrected chi connectivity index (χ0v) is 10.2. The van der Waals surface area contributed by atoms with Gasteiger partial charge in [-0.2, -0.15) is 0 Å². The number of benzene rings is 1. The van der Waals surface area contributed by atoms with E-state index in [2.05, 4.69) is 5.32 Å². The highest BCUT2D eigenvalue weighted by atomic mass is 35.5. The van der Waals surface area contributed by atoms with Gasteiger partial charge in [0.15, 0.2) is 0 Å². The van der Waals surface area contributed by atoms with E-state index in [0.717, 1.165) is 11.6 Å². The molecule has 0 aromatic heterocycles. The molecule has 0 unspecified atom stereocenters. The van der Waals surface area contributed by atoms with Crippen LogP contribution in [0, 0.1) is 0 Å². The molecular weight excluding hydrogens is 242 g/mol. The highest BCUT2D eigenvalue weighted by molar-refractivity contribution is 6.31. The second-order valence-corrected chi connectivity index (χ2v) is 3.70. The van der Waals surface area contributed by atoms with Crippen molar-refractivity contribution in [1.29, 1.82) is 0 Å². The summed E-state index contributed by atoms with van der Waals surface area (Å²) in [6.07, 6.45) is 2.63. The Labute approximate surface area is 105 Å². The van der Waals surface area contributed by atoms with E-state index in [1.54, 1.807) is 13.2 Å². The molecule has 0 aliphatic carbocycles. The van der Waals surface area contributed by atoms with Gasteiger partial charge in [-0.15, -0.1) is 0 Å². The molecule has 1 aromatic rings. The molecule has 0 saturated carbocycles. The summed E-state index contributed by atoms with van der Waals surface area (Å²) in [5.74, 6) is -0.241. The molecule has 5 heteroatoms. The standard InChI is InChI=1S/C12H14ClNO3/c1-17-11-5-2-4-10(13)9(11)8-14-7-3-6-12(15)16/h2-6,14H,7-8H2,1H3,(H,15,16)/b6-3+.